The van der Waals surface area contributed by atoms with Crippen LogP contribution in [0.1, 0.15) is 20.7 Å². The Kier molecular flexibility index (Phi) is 6.97. The first kappa shape index (κ1) is 23.1. The van der Waals surface area contributed by atoms with E-state index in [0.29, 0.717) is 11.4 Å². The molecule has 0 heterocycles. The molecule has 32 heavy (non-hydrogen) atoms. The molecular formula is C23H20ClN3O4S. The van der Waals surface area contributed by atoms with Crippen LogP contribution >= 0.6 is 11.6 Å². The number of nitrogens with zero attached hydrogens (tertiary/aromatic N) is 1. The van der Waals surface area contributed by atoms with Gasteiger partial charge in [-0.1, -0.05) is 35.9 Å². The fraction of sp³-hybridized carbons (Fsp3) is 0.0435. The molecule has 0 fully saturated rings. The Morgan fingerprint density at radius 1 is 1.03 bits per heavy atom. The molecule has 0 atom stereocenters. The van der Waals surface area contributed by atoms with Crippen LogP contribution in [0.4, 0.5) is 11.4 Å². The van der Waals surface area contributed by atoms with Gasteiger partial charge in [-0.2, -0.15) is 0 Å². The number of hydrogen-bond acceptors (Lipinski definition) is 4. The van der Waals surface area contributed by atoms with E-state index in [2.05, 4.69) is 11.9 Å². The lowest BCUT2D eigenvalue weighted by Gasteiger charge is -2.23. The van der Waals surface area contributed by atoms with Crippen LogP contribution in [0, 0.1) is 0 Å². The number of carbonyl (C=O) groups is 2. The highest BCUT2D eigenvalue weighted by Crippen LogP contribution is 2.27. The topological polar surface area (TPSA) is 110 Å². The predicted molar refractivity (Wildman–Crippen MR) is 126 cm³/mol. The van der Waals surface area contributed by atoms with Gasteiger partial charge in [-0.05, 0) is 54.6 Å². The number of rotatable bonds is 8. The van der Waals surface area contributed by atoms with E-state index < -0.39 is 21.8 Å². The van der Waals surface area contributed by atoms with Gasteiger partial charge >= 0.3 is 0 Å². The molecule has 2 amide bonds. The van der Waals surface area contributed by atoms with Crippen LogP contribution in [0.3, 0.4) is 0 Å². The van der Waals surface area contributed by atoms with Gasteiger partial charge in [0.1, 0.15) is 0 Å². The molecular weight excluding hydrogens is 450 g/mol. The van der Waals surface area contributed by atoms with Crippen LogP contribution in [-0.4, -0.2) is 26.8 Å². The molecule has 164 valence electrons. The van der Waals surface area contributed by atoms with E-state index in [0.717, 1.165) is 0 Å². The Morgan fingerprint density at radius 3 is 2.28 bits per heavy atom. The van der Waals surface area contributed by atoms with Crippen molar-refractivity contribution < 1.29 is 18.0 Å². The van der Waals surface area contributed by atoms with Gasteiger partial charge in [0, 0.05) is 11.3 Å². The monoisotopic (exact) mass is 469 g/mol. The van der Waals surface area contributed by atoms with Gasteiger partial charge in [-0.3, -0.25) is 13.9 Å². The molecule has 0 aromatic heterocycles. The Hall–Kier alpha value is -3.62. The highest BCUT2D eigenvalue weighted by atomic mass is 35.5. The van der Waals surface area contributed by atoms with Gasteiger partial charge in [0.15, 0.2) is 0 Å². The zero-order valence-electron chi connectivity index (χ0n) is 16.9. The molecule has 3 rings (SSSR count). The third-order valence-corrected chi connectivity index (χ3v) is 6.66. The van der Waals surface area contributed by atoms with E-state index in [-0.39, 0.29) is 27.6 Å². The summed E-state index contributed by atoms with van der Waals surface area (Å²) in [5.41, 5.74) is 6.34. The summed E-state index contributed by atoms with van der Waals surface area (Å²) in [6, 6.07) is 18.4. The maximum absolute atomic E-state index is 13.3. The lowest BCUT2D eigenvalue weighted by molar-refractivity contribution is 0.0998. The number of benzene rings is 3. The van der Waals surface area contributed by atoms with E-state index in [9.17, 15) is 18.0 Å². The van der Waals surface area contributed by atoms with Crippen LogP contribution in [0.2, 0.25) is 5.02 Å². The molecule has 9 heteroatoms. The average Bonchev–Trinajstić information content (AvgIpc) is 2.78. The van der Waals surface area contributed by atoms with Crippen molar-refractivity contribution in [2.75, 3.05) is 16.2 Å². The number of hydrogen-bond donors (Lipinski definition) is 2. The van der Waals surface area contributed by atoms with Crippen molar-refractivity contribution in [1.82, 2.24) is 0 Å². The Labute approximate surface area is 191 Å². The number of anilines is 2. The minimum Gasteiger partial charge on any atom is -0.366 e. The van der Waals surface area contributed by atoms with Gasteiger partial charge in [-0.25, -0.2) is 8.42 Å². The second kappa shape index (κ2) is 9.67. The van der Waals surface area contributed by atoms with Crippen LogP contribution in [-0.2, 0) is 10.0 Å². The van der Waals surface area contributed by atoms with Crippen molar-refractivity contribution in [3.8, 4) is 0 Å². The first-order chi connectivity index (χ1) is 15.2. The van der Waals surface area contributed by atoms with Gasteiger partial charge in [0.2, 0.25) is 5.91 Å². The standard InChI is InChI=1S/C23H20ClN3O4S/c1-2-14-27(18-6-4-3-5-7-18)32(30,31)19-12-13-21(24)20(15-19)23(29)26-17-10-8-16(9-11-17)22(25)28/h2-13,15H,1,14H2,(H2,25,28)(H,26,29). The third-order valence-electron chi connectivity index (χ3n) is 4.54. The number of sulfonamides is 1. The Bertz CT molecular complexity index is 1260. The number of carbonyl (C=O) groups excluding carboxylic acids is 2. The molecule has 7 nitrogen and oxygen atoms in total. The van der Waals surface area contributed by atoms with Crippen molar-refractivity contribution >= 4 is 44.8 Å². The highest BCUT2D eigenvalue weighted by molar-refractivity contribution is 7.92. The first-order valence-electron chi connectivity index (χ1n) is 9.43. The number of nitrogens with one attached hydrogen (secondary N) is 1. The zero-order chi connectivity index (χ0) is 23.3. The van der Waals surface area contributed by atoms with E-state index in [4.69, 9.17) is 17.3 Å². The Balaban J connectivity index is 1.93. The van der Waals surface area contributed by atoms with Crippen LogP contribution in [0.15, 0.2) is 90.3 Å². The molecule has 0 aliphatic carbocycles. The maximum atomic E-state index is 13.3. The molecule has 0 spiro atoms. The zero-order valence-corrected chi connectivity index (χ0v) is 18.4. The molecule has 3 aromatic rings. The number of halogens is 1. The summed E-state index contributed by atoms with van der Waals surface area (Å²) in [5.74, 6) is -1.19. The highest BCUT2D eigenvalue weighted by Gasteiger charge is 2.26. The SMILES string of the molecule is C=CCN(c1ccccc1)S(=O)(=O)c1ccc(Cl)c(C(=O)Nc2ccc(C(N)=O)cc2)c1. The van der Waals surface area contributed by atoms with Crippen molar-refractivity contribution in [3.05, 3.63) is 102 Å². The van der Waals surface area contributed by atoms with Crippen molar-refractivity contribution in [2.24, 2.45) is 5.73 Å². The largest absolute Gasteiger partial charge is 0.366 e. The van der Waals surface area contributed by atoms with Crippen LogP contribution < -0.4 is 15.4 Å². The van der Waals surface area contributed by atoms with E-state index in [1.807, 2.05) is 0 Å². The fourth-order valence-electron chi connectivity index (χ4n) is 2.94. The van der Waals surface area contributed by atoms with Crippen LogP contribution in [0.25, 0.3) is 0 Å². The number of para-hydroxylation sites is 1. The second-order valence-electron chi connectivity index (χ2n) is 6.70. The average molecular weight is 470 g/mol. The van der Waals surface area contributed by atoms with Crippen molar-refractivity contribution in [1.29, 1.82) is 0 Å². The molecule has 0 unspecified atom stereocenters. The summed E-state index contributed by atoms with van der Waals surface area (Å²) < 4.78 is 27.8. The molecule has 0 radical (unpaired) electrons. The summed E-state index contributed by atoms with van der Waals surface area (Å²) in [5, 5.41) is 2.72. The Morgan fingerprint density at radius 2 is 1.69 bits per heavy atom. The molecule has 3 aromatic carbocycles. The first-order valence-corrected chi connectivity index (χ1v) is 11.3. The summed E-state index contributed by atoms with van der Waals surface area (Å²) in [6.07, 6.45) is 1.48. The molecule has 0 saturated heterocycles. The van der Waals surface area contributed by atoms with Gasteiger partial charge < -0.3 is 11.1 Å². The minimum absolute atomic E-state index is 0.0154. The van der Waals surface area contributed by atoms with Gasteiger partial charge in [0.05, 0.1) is 27.7 Å². The summed E-state index contributed by atoms with van der Waals surface area (Å²) in [7, 11) is -4.00. The van der Waals surface area contributed by atoms with E-state index in [1.165, 1.54) is 52.8 Å². The second-order valence-corrected chi connectivity index (χ2v) is 8.97. The van der Waals surface area contributed by atoms with E-state index in [1.54, 1.807) is 30.3 Å². The lowest BCUT2D eigenvalue weighted by Crippen LogP contribution is -2.31. The summed E-state index contributed by atoms with van der Waals surface area (Å²) in [4.78, 5) is 23.9. The number of amides is 2. The normalized spacial score (nSPS) is 10.9. The lowest BCUT2D eigenvalue weighted by atomic mass is 10.1. The van der Waals surface area contributed by atoms with Crippen molar-refractivity contribution in [2.45, 2.75) is 4.90 Å². The smallest absolute Gasteiger partial charge is 0.264 e. The minimum atomic E-state index is -4.00. The third kappa shape index (κ3) is 4.99. The number of primary amides is 1. The van der Waals surface area contributed by atoms with Gasteiger partial charge in [0.25, 0.3) is 15.9 Å². The molecule has 0 aliphatic heterocycles. The van der Waals surface area contributed by atoms with Gasteiger partial charge in [-0.15, -0.1) is 6.58 Å². The maximum Gasteiger partial charge on any atom is 0.264 e. The van der Waals surface area contributed by atoms with E-state index >= 15 is 0 Å². The summed E-state index contributed by atoms with van der Waals surface area (Å²) in [6.45, 7) is 3.68. The fourth-order valence-corrected chi connectivity index (χ4v) is 4.60. The van der Waals surface area contributed by atoms with Crippen molar-refractivity contribution in [3.63, 3.8) is 0 Å². The quantitative estimate of drug-likeness (QED) is 0.484. The molecule has 0 aliphatic rings. The summed E-state index contributed by atoms with van der Waals surface area (Å²) >= 11 is 6.19. The molecule has 0 saturated carbocycles. The molecule has 0 bridgehead atoms. The number of nitrogens with two attached hydrogens (primary N) is 1. The predicted octanol–water partition coefficient (Wildman–Crippen LogP) is 4.07. The van der Waals surface area contributed by atoms with Crippen LogP contribution in [0.5, 0.6) is 0 Å². The molecule has 3 N–H and O–H groups in total.